The van der Waals surface area contributed by atoms with Gasteiger partial charge in [0.15, 0.2) is 5.82 Å². The number of aromatic nitrogens is 2. The molecule has 0 aliphatic carbocycles. The van der Waals surface area contributed by atoms with E-state index in [-0.39, 0.29) is 5.56 Å². The van der Waals surface area contributed by atoms with E-state index in [1.54, 1.807) is 12.1 Å². The third-order valence-electron chi connectivity index (χ3n) is 3.57. The molecule has 0 spiro atoms. The van der Waals surface area contributed by atoms with Crippen molar-refractivity contribution in [2.45, 2.75) is 6.54 Å². The highest BCUT2D eigenvalue weighted by Crippen LogP contribution is 2.21. The number of nitrogens with one attached hydrogen (secondary N) is 2. The molecule has 3 aromatic rings. The fourth-order valence-electron chi connectivity index (χ4n) is 2.28. The van der Waals surface area contributed by atoms with Crippen LogP contribution in [0.25, 0.3) is 11.4 Å². The highest BCUT2D eigenvalue weighted by Gasteiger charge is 2.14. The highest BCUT2D eigenvalue weighted by atomic mass is 35.5. The van der Waals surface area contributed by atoms with Crippen molar-refractivity contribution in [3.8, 4) is 11.4 Å². The van der Waals surface area contributed by atoms with Gasteiger partial charge < -0.3 is 5.32 Å². The Balaban J connectivity index is 1.92. The molecule has 0 atom stereocenters. The number of halogens is 1. The predicted molar refractivity (Wildman–Crippen MR) is 97.9 cm³/mol. The zero-order chi connectivity index (χ0) is 17.6. The molecule has 4 N–H and O–H groups in total. The maximum absolute atomic E-state index is 12.0. The minimum Gasteiger partial charge on any atom is -0.365 e. The Labute approximate surface area is 150 Å². The van der Waals surface area contributed by atoms with E-state index in [9.17, 15) is 4.79 Å². The van der Waals surface area contributed by atoms with Gasteiger partial charge in [-0.15, -0.1) is 0 Å². The summed E-state index contributed by atoms with van der Waals surface area (Å²) >= 11 is 5.91. The van der Waals surface area contributed by atoms with E-state index in [4.69, 9.17) is 17.4 Å². The van der Waals surface area contributed by atoms with Crippen molar-refractivity contribution in [1.29, 1.82) is 0 Å². The van der Waals surface area contributed by atoms with Crippen molar-refractivity contribution in [1.82, 2.24) is 15.4 Å². The molecule has 0 unspecified atom stereocenters. The number of hydrogen-bond donors (Lipinski definition) is 3. The Morgan fingerprint density at radius 2 is 1.80 bits per heavy atom. The van der Waals surface area contributed by atoms with E-state index in [0.717, 1.165) is 11.1 Å². The summed E-state index contributed by atoms with van der Waals surface area (Å²) in [6.45, 7) is 0.517. The van der Waals surface area contributed by atoms with E-state index >= 15 is 0 Å². The minimum atomic E-state index is -0.460. The van der Waals surface area contributed by atoms with Crippen molar-refractivity contribution in [2.75, 3.05) is 5.32 Å². The van der Waals surface area contributed by atoms with Crippen LogP contribution < -0.4 is 16.6 Å². The topological polar surface area (TPSA) is 92.9 Å². The van der Waals surface area contributed by atoms with Gasteiger partial charge >= 0.3 is 0 Å². The van der Waals surface area contributed by atoms with Crippen LogP contribution in [-0.2, 0) is 6.54 Å². The Kier molecular flexibility index (Phi) is 5.23. The molecule has 0 saturated carbocycles. The van der Waals surface area contributed by atoms with Crippen molar-refractivity contribution in [3.05, 3.63) is 76.9 Å². The van der Waals surface area contributed by atoms with Gasteiger partial charge in [0.05, 0.1) is 0 Å². The second kappa shape index (κ2) is 7.74. The number of nitrogens with zero attached hydrogens (tertiary/aromatic N) is 2. The maximum atomic E-state index is 12.0. The van der Waals surface area contributed by atoms with Gasteiger partial charge in [-0.05, 0) is 29.8 Å². The minimum absolute atomic E-state index is 0.274. The number of carbonyl (C=O) groups excluding carboxylic acids is 1. The molecule has 6 nitrogen and oxygen atoms in total. The summed E-state index contributed by atoms with van der Waals surface area (Å²) in [4.78, 5) is 20.7. The number of rotatable bonds is 5. The van der Waals surface area contributed by atoms with Gasteiger partial charge in [0.2, 0.25) is 0 Å². The number of nitrogens with two attached hydrogens (primary N) is 1. The summed E-state index contributed by atoms with van der Waals surface area (Å²) in [5.41, 5.74) is 4.25. The lowest BCUT2D eigenvalue weighted by atomic mass is 10.2. The average Bonchev–Trinajstić information content (AvgIpc) is 2.67. The van der Waals surface area contributed by atoms with E-state index in [1.165, 1.54) is 6.20 Å². The summed E-state index contributed by atoms with van der Waals surface area (Å²) < 4.78 is 0. The SMILES string of the molecule is NNC(=O)c1cnc(-c2ccc(Cl)cc2)nc1NCc1ccccc1. The quantitative estimate of drug-likeness (QED) is 0.372. The summed E-state index contributed by atoms with van der Waals surface area (Å²) in [5, 5.41) is 3.80. The number of nitrogen functional groups attached to an aromatic ring is 1. The van der Waals surface area contributed by atoms with Crippen molar-refractivity contribution < 1.29 is 4.79 Å². The van der Waals surface area contributed by atoms with Gasteiger partial charge in [-0.1, -0.05) is 41.9 Å². The molecular weight excluding hydrogens is 338 g/mol. The Bertz CT molecular complexity index is 868. The first-order chi connectivity index (χ1) is 12.2. The van der Waals surface area contributed by atoms with Crippen LogP contribution >= 0.6 is 11.6 Å². The fraction of sp³-hybridized carbons (Fsp3) is 0.0556. The average molecular weight is 354 g/mol. The van der Waals surface area contributed by atoms with Crippen LogP contribution in [0.1, 0.15) is 15.9 Å². The maximum Gasteiger partial charge on any atom is 0.270 e. The summed E-state index contributed by atoms with van der Waals surface area (Å²) in [7, 11) is 0. The van der Waals surface area contributed by atoms with Crippen LogP contribution in [0.3, 0.4) is 0 Å². The first-order valence-corrected chi connectivity index (χ1v) is 7.97. The standard InChI is InChI=1S/C18H16ClN5O/c19-14-8-6-13(7-9-14)16-22-11-15(18(25)24-20)17(23-16)21-10-12-4-2-1-3-5-12/h1-9,11H,10,20H2,(H,24,25)(H,21,22,23). The van der Waals surface area contributed by atoms with Gasteiger partial charge in [-0.25, -0.2) is 15.8 Å². The number of carbonyl (C=O) groups is 1. The Morgan fingerprint density at radius 3 is 2.48 bits per heavy atom. The number of hydrogen-bond acceptors (Lipinski definition) is 5. The molecule has 3 rings (SSSR count). The fourth-order valence-corrected chi connectivity index (χ4v) is 2.41. The van der Waals surface area contributed by atoms with Crippen LogP contribution in [0.2, 0.25) is 5.02 Å². The molecule has 126 valence electrons. The third kappa shape index (κ3) is 4.12. The first kappa shape index (κ1) is 16.9. The Hall–Kier alpha value is -2.96. The molecule has 0 bridgehead atoms. The monoisotopic (exact) mass is 353 g/mol. The number of benzene rings is 2. The normalized spacial score (nSPS) is 10.3. The number of anilines is 1. The largest absolute Gasteiger partial charge is 0.365 e. The van der Waals surface area contributed by atoms with E-state index < -0.39 is 5.91 Å². The second-order valence-corrected chi connectivity index (χ2v) is 5.71. The molecule has 7 heteroatoms. The van der Waals surface area contributed by atoms with Crippen molar-refractivity contribution in [2.24, 2.45) is 5.84 Å². The van der Waals surface area contributed by atoms with E-state index in [0.29, 0.717) is 23.2 Å². The molecule has 0 aliphatic rings. The van der Waals surface area contributed by atoms with Gasteiger partial charge in [0.1, 0.15) is 11.4 Å². The smallest absolute Gasteiger partial charge is 0.270 e. The predicted octanol–water partition coefficient (Wildman–Crippen LogP) is 3.01. The summed E-state index contributed by atoms with van der Waals surface area (Å²) in [5.74, 6) is 5.68. The van der Waals surface area contributed by atoms with Crippen LogP contribution in [0.15, 0.2) is 60.8 Å². The van der Waals surface area contributed by atoms with Gasteiger partial charge in [-0.3, -0.25) is 10.2 Å². The molecule has 0 fully saturated rings. The molecular formula is C18H16ClN5O. The zero-order valence-electron chi connectivity index (χ0n) is 13.2. The van der Waals surface area contributed by atoms with Crippen LogP contribution in [0.5, 0.6) is 0 Å². The lowest BCUT2D eigenvalue weighted by Crippen LogP contribution is -2.31. The van der Waals surface area contributed by atoms with Gasteiger partial charge in [0.25, 0.3) is 5.91 Å². The molecule has 2 aromatic carbocycles. The summed E-state index contributed by atoms with van der Waals surface area (Å²) in [6.07, 6.45) is 1.45. The molecule has 0 radical (unpaired) electrons. The van der Waals surface area contributed by atoms with E-state index in [1.807, 2.05) is 42.5 Å². The lowest BCUT2D eigenvalue weighted by molar-refractivity contribution is 0.0954. The van der Waals surface area contributed by atoms with E-state index in [2.05, 4.69) is 20.7 Å². The lowest BCUT2D eigenvalue weighted by Gasteiger charge is -2.11. The molecule has 0 saturated heterocycles. The molecule has 0 aliphatic heterocycles. The number of amides is 1. The highest BCUT2D eigenvalue weighted by molar-refractivity contribution is 6.30. The van der Waals surface area contributed by atoms with Crippen LogP contribution in [-0.4, -0.2) is 15.9 Å². The Morgan fingerprint density at radius 1 is 1.08 bits per heavy atom. The first-order valence-electron chi connectivity index (χ1n) is 7.59. The van der Waals surface area contributed by atoms with Crippen LogP contribution in [0.4, 0.5) is 5.82 Å². The summed E-state index contributed by atoms with van der Waals surface area (Å²) in [6, 6.07) is 17.0. The molecule has 1 amide bonds. The van der Waals surface area contributed by atoms with Gasteiger partial charge in [0, 0.05) is 23.3 Å². The zero-order valence-corrected chi connectivity index (χ0v) is 14.0. The van der Waals surface area contributed by atoms with Crippen molar-refractivity contribution in [3.63, 3.8) is 0 Å². The molecule has 25 heavy (non-hydrogen) atoms. The molecule has 1 aromatic heterocycles. The van der Waals surface area contributed by atoms with Gasteiger partial charge in [-0.2, -0.15) is 0 Å². The molecule has 1 heterocycles. The van der Waals surface area contributed by atoms with Crippen molar-refractivity contribution >= 4 is 23.3 Å². The number of hydrazine groups is 1. The van der Waals surface area contributed by atoms with Crippen LogP contribution in [0, 0.1) is 0 Å². The third-order valence-corrected chi connectivity index (χ3v) is 3.82. The second-order valence-electron chi connectivity index (χ2n) is 5.28.